The second-order valence-electron chi connectivity index (χ2n) is 7.00. The van der Waals surface area contributed by atoms with Gasteiger partial charge in [0.1, 0.15) is 6.04 Å². The molecule has 0 spiro atoms. The lowest BCUT2D eigenvalue weighted by molar-refractivity contribution is -0.123. The number of benzene rings is 1. The molecule has 3 amide bonds. The zero-order valence-electron chi connectivity index (χ0n) is 15.3. The first kappa shape index (κ1) is 18.5. The summed E-state index contributed by atoms with van der Waals surface area (Å²) in [6.45, 7) is 9.15. The molecule has 0 saturated heterocycles. The van der Waals surface area contributed by atoms with Gasteiger partial charge in [0.15, 0.2) is 5.82 Å². The number of anilines is 1. The third-order valence-electron chi connectivity index (χ3n) is 3.39. The lowest BCUT2D eigenvalue weighted by atomic mass is 10.1. The molecule has 1 aromatic carbocycles. The van der Waals surface area contributed by atoms with Gasteiger partial charge in [0.25, 0.3) is 0 Å². The third kappa shape index (κ3) is 5.34. The Morgan fingerprint density at radius 3 is 2.40 bits per heavy atom. The van der Waals surface area contributed by atoms with Crippen molar-refractivity contribution in [2.75, 3.05) is 5.32 Å². The van der Waals surface area contributed by atoms with E-state index in [2.05, 4.69) is 21.0 Å². The maximum Gasteiger partial charge on any atom is 0.321 e. The number of nitrogens with one attached hydrogen (secondary N) is 3. The molecule has 0 radical (unpaired) electrons. The maximum atomic E-state index is 12.1. The molecule has 0 aliphatic heterocycles. The number of carbonyl (C=O) groups is 2. The molecule has 2 rings (SSSR count). The molecule has 3 N–H and O–H groups in total. The zero-order chi connectivity index (χ0) is 18.6. The molecule has 0 bridgehead atoms. The highest BCUT2D eigenvalue weighted by Crippen LogP contribution is 2.15. The molecule has 1 heterocycles. The van der Waals surface area contributed by atoms with Gasteiger partial charge in [-0.15, -0.1) is 5.10 Å². The van der Waals surface area contributed by atoms with Crippen molar-refractivity contribution in [3.63, 3.8) is 0 Å². The molecule has 7 heteroatoms. The Balaban J connectivity index is 1.99. The summed E-state index contributed by atoms with van der Waals surface area (Å²) in [7, 11) is 0. The molecule has 0 aliphatic carbocycles. The van der Waals surface area contributed by atoms with Crippen LogP contribution in [0.3, 0.4) is 0 Å². The van der Waals surface area contributed by atoms with E-state index in [9.17, 15) is 9.59 Å². The van der Waals surface area contributed by atoms with E-state index in [4.69, 9.17) is 0 Å². The Morgan fingerprint density at radius 1 is 1.16 bits per heavy atom. The van der Waals surface area contributed by atoms with Gasteiger partial charge < -0.3 is 10.6 Å². The summed E-state index contributed by atoms with van der Waals surface area (Å²) < 4.78 is 1.70. The lowest BCUT2D eigenvalue weighted by Crippen LogP contribution is -2.51. The Bertz CT molecular complexity index is 747. The average Bonchev–Trinajstić information content (AvgIpc) is 2.87. The van der Waals surface area contributed by atoms with Crippen molar-refractivity contribution in [2.24, 2.45) is 0 Å². The van der Waals surface area contributed by atoms with Gasteiger partial charge in [0.2, 0.25) is 5.91 Å². The predicted octanol–water partition coefficient (Wildman–Crippen LogP) is 2.61. The molecule has 7 nitrogen and oxygen atoms in total. The van der Waals surface area contributed by atoms with Gasteiger partial charge in [-0.2, -0.15) is 0 Å². The topological polar surface area (TPSA) is 88.1 Å². The van der Waals surface area contributed by atoms with E-state index in [0.29, 0.717) is 5.82 Å². The molecular formula is C18H25N5O2. The molecule has 1 atom stereocenters. The largest absolute Gasteiger partial charge is 0.350 e. The number of hydrogen-bond acceptors (Lipinski definition) is 3. The van der Waals surface area contributed by atoms with Crippen LogP contribution in [0.1, 0.15) is 33.3 Å². The number of aryl methyl sites for hydroxylation is 1. The van der Waals surface area contributed by atoms with Crippen molar-refractivity contribution in [1.29, 1.82) is 0 Å². The number of amides is 3. The van der Waals surface area contributed by atoms with Gasteiger partial charge in [-0.25, -0.2) is 9.48 Å². The van der Waals surface area contributed by atoms with E-state index >= 15 is 0 Å². The lowest BCUT2D eigenvalue weighted by Gasteiger charge is -2.23. The van der Waals surface area contributed by atoms with Crippen LogP contribution >= 0.6 is 0 Å². The first-order valence-electron chi connectivity index (χ1n) is 8.17. The predicted molar refractivity (Wildman–Crippen MR) is 97.8 cm³/mol. The van der Waals surface area contributed by atoms with Crippen LogP contribution in [-0.4, -0.2) is 33.3 Å². The Hall–Kier alpha value is -2.83. The smallest absolute Gasteiger partial charge is 0.321 e. The summed E-state index contributed by atoms with van der Waals surface area (Å²) in [5.74, 6) is 0.207. The van der Waals surface area contributed by atoms with Crippen molar-refractivity contribution in [3.05, 3.63) is 42.1 Å². The number of aromatic nitrogens is 2. The molecule has 2 aromatic rings. The minimum atomic E-state index is -0.657. The highest BCUT2D eigenvalue weighted by atomic mass is 16.2. The maximum absolute atomic E-state index is 12.1. The fraction of sp³-hybridized carbons (Fsp3) is 0.389. The van der Waals surface area contributed by atoms with Crippen LogP contribution in [0.2, 0.25) is 0 Å². The van der Waals surface area contributed by atoms with Gasteiger partial charge in [-0.05, 0) is 46.8 Å². The minimum absolute atomic E-state index is 0.241. The Kier molecular flexibility index (Phi) is 5.46. The molecular weight excluding hydrogens is 318 g/mol. The Labute approximate surface area is 147 Å². The van der Waals surface area contributed by atoms with Crippen LogP contribution in [-0.2, 0) is 4.79 Å². The molecule has 1 aromatic heterocycles. The zero-order valence-corrected chi connectivity index (χ0v) is 15.3. The summed E-state index contributed by atoms with van der Waals surface area (Å²) in [4.78, 5) is 24.2. The molecule has 0 unspecified atom stereocenters. The van der Waals surface area contributed by atoms with Crippen LogP contribution in [0.4, 0.5) is 10.6 Å². The van der Waals surface area contributed by atoms with Crippen molar-refractivity contribution in [3.8, 4) is 5.69 Å². The fourth-order valence-electron chi connectivity index (χ4n) is 2.18. The molecule has 0 saturated carbocycles. The number of carbonyl (C=O) groups excluding carboxylic acids is 2. The van der Waals surface area contributed by atoms with E-state index in [0.717, 1.165) is 11.3 Å². The third-order valence-corrected chi connectivity index (χ3v) is 3.39. The molecule has 134 valence electrons. The Morgan fingerprint density at radius 2 is 1.80 bits per heavy atom. The van der Waals surface area contributed by atoms with Crippen LogP contribution < -0.4 is 16.0 Å². The number of hydrogen-bond donors (Lipinski definition) is 3. The molecule has 0 fully saturated rings. The minimum Gasteiger partial charge on any atom is -0.350 e. The summed E-state index contributed by atoms with van der Waals surface area (Å²) in [5.41, 5.74) is 1.37. The number of para-hydroxylation sites is 1. The van der Waals surface area contributed by atoms with Crippen LogP contribution in [0.15, 0.2) is 36.5 Å². The van der Waals surface area contributed by atoms with Crippen molar-refractivity contribution in [1.82, 2.24) is 20.4 Å². The van der Waals surface area contributed by atoms with Gasteiger partial charge in [-0.1, -0.05) is 18.2 Å². The monoisotopic (exact) mass is 343 g/mol. The van der Waals surface area contributed by atoms with Gasteiger partial charge >= 0.3 is 6.03 Å². The normalized spacial score (nSPS) is 12.4. The van der Waals surface area contributed by atoms with Gasteiger partial charge in [0, 0.05) is 17.3 Å². The number of rotatable bonds is 4. The highest BCUT2D eigenvalue weighted by Gasteiger charge is 2.21. The molecule has 0 aliphatic rings. The number of nitrogens with zero attached hydrogens (tertiary/aromatic N) is 2. The summed E-state index contributed by atoms with van der Waals surface area (Å²) in [6, 6.07) is 8.48. The molecule has 25 heavy (non-hydrogen) atoms. The van der Waals surface area contributed by atoms with Crippen LogP contribution in [0.5, 0.6) is 0 Å². The standard InChI is InChI=1S/C18H25N5O2/c1-12-11-23(14-9-7-6-8-10-14)22-15(12)20-17(25)19-13(2)16(24)21-18(3,4)5/h6-11,13H,1-5H3,(H,21,24)(H2,19,20,22,25)/t13-/m0/s1. The summed E-state index contributed by atoms with van der Waals surface area (Å²) in [5, 5.41) is 12.5. The van der Waals surface area contributed by atoms with E-state index in [1.807, 2.05) is 64.2 Å². The SMILES string of the molecule is Cc1cn(-c2ccccc2)nc1NC(=O)N[C@@H](C)C(=O)NC(C)(C)C. The fourth-order valence-corrected chi connectivity index (χ4v) is 2.18. The van der Waals surface area contributed by atoms with Crippen molar-refractivity contribution >= 4 is 17.8 Å². The summed E-state index contributed by atoms with van der Waals surface area (Å²) >= 11 is 0. The van der Waals surface area contributed by atoms with Crippen LogP contribution in [0, 0.1) is 6.92 Å². The second-order valence-corrected chi connectivity index (χ2v) is 7.00. The van der Waals surface area contributed by atoms with E-state index < -0.39 is 12.1 Å². The van der Waals surface area contributed by atoms with E-state index in [1.54, 1.807) is 11.6 Å². The average molecular weight is 343 g/mol. The van der Waals surface area contributed by atoms with Crippen molar-refractivity contribution < 1.29 is 9.59 Å². The van der Waals surface area contributed by atoms with E-state index in [-0.39, 0.29) is 11.4 Å². The highest BCUT2D eigenvalue weighted by molar-refractivity contribution is 5.93. The quantitative estimate of drug-likeness (QED) is 0.797. The number of urea groups is 1. The first-order valence-corrected chi connectivity index (χ1v) is 8.17. The van der Waals surface area contributed by atoms with Gasteiger partial charge in [-0.3, -0.25) is 10.1 Å². The first-order chi connectivity index (χ1) is 11.7. The van der Waals surface area contributed by atoms with E-state index in [1.165, 1.54) is 0 Å². The second kappa shape index (κ2) is 7.38. The summed E-state index contributed by atoms with van der Waals surface area (Å²) in [6.07, 6.45) is 1.83. The van der Waals surface area contributed by atoms with Crippen molar-refractivity contribution in [2.45, 2.75) is 46.2 Å². The van der Waals surface area contributed by atoms with Crippen LogP contribution in [0.25, 0.3) is 5.69 Å². The van der Waals surface area contributed by atoms with Gasteiger partial charge in [0.05, 0.1) is 5.69 Å².